The molecule has 1 heterocycles. The van der Waals surface area contributed by atoms with Crippen molar-refractivity contribution in [2.24, 2.45) is 0 Å². The van der Waals surface area contributed by atoms with Crippen molar-refractivity contribution in [2.75, 3.05) is 5.32 Å². The summed E-state index contributed by atoms with van der Waals surface area (Å²) in [6, 6.07) is 15.3. The molecule has 0 saturated heterocycles. The van der Waals surface area contributed by atoms with Gasteiger partial charge >= 0.3 is 0 Å². The molecule has 1 aliphatic carbocycles. The Hall–Kier alpha value is -2.75. The van der Waals surface area contributed by atoms with Gasteiger partial charge in [-0.25, -0.2) is 4.39 Å². The van der Waals surface area contributed by atoms with Crippen LogP contribution in [0.1, 0.15) is 34.8 Å². The van der Waals surface area contributed by atoms with Crippen molar-refractivity contribution < 1.29 is 9.18 Å². The molecule has 4 rings (SSSR count). The van der Waals surface area contributed by atoms with Gasteiger partial charge in [0.05, 0.1) is 11.1 Å². The summed E-state index contributed by atoms with van der Waals surface area (Å²) >= 11 is 0. The van der Waals surface area contributed by atoms with Crippen LogP contribution in [0.2, 0.25) is 0 Å². The molecule has 1 fully saturated rings. The summed E-state index contributed by atoms with van der Waals surface area (Å²) in [6.45, 7) is 0. The molecule has 23 heavy (non-hydrogen) atoms. The van der Waals surface area contributed by atoms with Crippen LogP contribution in [0.4, 0.5) is 10.1 Å². The molecular formula is C19H15FN2O. The highest BCUT2D eigenvalue weighted by Crippen LogP contribution is 2.40. The Morgan fingerprint density at radius 3 is 2.57 bits per heavy atom. The monoisotopic (exact) mass is 306 g/mol. The fraction of sp³-hybridized carbons (Fsp3) is 0.158. The molecule has 1 amide bonds. The maximum absolute atomic E-state index is 13.0. The van der Waals surface area contributed by atoms with Gasteiger partial charge in [-0.15, -0.1) is 0 Å². The summed E-state index contributed by atoms with van der Waals surface area (Å²) in [7, 11) is 0. The van der Waals surface area contributed by atoms with Crippen molar-refractivity contribution in [1.82, 2.24) is 4.98 Å². The highest BCUT2D eigenvalue weighted by Gasteiger charge is 2.26. The number of carbonyl (C=O) groups is 1. The second kappa shape index (κ2) is 5.47. The van der Waals surface area contributed by atoms with Gasteiger partial charge in [0.2, 0.25) is 0 Å². The van der Waals surface area contributed by atoms with E-state index in [1.165, 1.54) is 12.1 Å². The van der Waals surface area contributed by atoms with Gasteiger partial charge in [0, 0.05) is 22.7 Å². The molecule has 3 nitrogen and oxygen atoms in total. The number of para-hydroxylation sites is 1. The van der Waals surface area contributed by atoms with E-state index in [-0.39, 0.29) is 11.7 Å². The zero-order valence-electron chi connectivity index (χ0n) is 12.4. The van der Waals surface area contributed by atoms with E-state index in [0.717, 1.165) is 29.4 Å². The summed E-state index contributed by atoms with van der Waals surface area (Å²) < 4.78 is 13.0. The standard InChI is InChI=1S/C19H15FN2O/c20-13-7-9-14(10-8-13)21-19(23)16-11-18(12-5-6-12)22-17-4-2-1-3-15(16)17/h1-4,7-12H,5-6H2,(H,21,23). The van der Waals surface area contributed by atoms with Crippen molar-refractivity contribution in [1.29, 1.82) is 0 Å². The molecule has 0 atom stereocenters. The van der Waals surface area contributed by atoms with Gasteiger partial charge in [-0.1, -0.05) is 18.2 Å². The second-order valence-electron chi connectivity index (χ2n) is 5.85. The minimum atomic E-state index is -0.326. The molecule has 1 aromatic heterocycles. The van der Waals surface area contributed by atoms with E-state index in [1.54, 1.807) is 12.1 Å². The largest absolute Gasteiger partial charge is 0.322 e. The van der Waals surface area contributed by atoms with Gasteiger partial charge in [0.1, 0.15) is 5.82 Å². The van der Waals surface area contributed by atoms with Gasteiger partial charge in [-0.05, 0) is 49.2 Å². The van der Waals surface area contributed by atoms with Gasteiger partial charge in [-0.2, -0.15) is 0 Å². The Labute approximate surface area is 133 Å². The Morgan fingerprint density at radius 1 is 1.09 bits per heavy atom. The third-order valence-electron chi connectivity index (χ3n) is 4.08. The molecular weight excluding hydrogens is 291 g/mol. The van der Waals surface area contributed by atoms with Crippen molar-refractivity contribution >= 4 is 22.5 Å². The number of fused-ring (bicyclic) bond motifs is 1. The van der Waals surface area contributed by atoms with Crippen LogP contribution in [-0.2, 0) is 0 Å². The maximum Gasteiger partial charge on any atom is 0.256 e. The van der Waals surface area contributed by atoms with Crippen molar-refractivity contribution in [3.8, 4) is 0 Å². The zero-order valence-corrected chi connectivity index (χ0v) is 12.4. The van der Waals surface area contributed by atoms with Crippen molar-refractivity contribution in [2.45, 2.75) is 18.8 Å². The quantitative estimate of drug-likeness (QED) is 0.774. The van der Waals surface area contributed by atoms with E-state index in [4.69, 9.17) is 0 Å². The minimum Gasteiger partial charge on any atom is -0.322 e. The fourth-order valence-electron chi connectivity index (χ4n) is 2.70. The van der Waals surface area contributed by atoms with Crippen LogP contribution in [-0.4, -0.2) is 10.9 Å². The Balaban J connectivity index is 1.74. The first-order valence-corrected chi connectivity index (χ1v) is 7.67. The lowest BCUT2D eigenvalue weighted by molar-refractivity contribution is 0.102. The molecule has 4 heteroatoms. The summed E-state index contributed by atoms with van der Waals surface area (Å²) in [5.74, 6) is -0.0533. The number of halogens is 1. The van der Waals surface area contributed by atoms with Gasteiger partial charge in [0.25, 0.3) is 5.91 Å². The predicted octanol–water partition coefficient (Wildman–Crippen LogP) is 4.50. The molecule has 0 aliphatic heterocycles. The van der Waals surface area contributed by atoms with Crippen LogP contribution in [0.5, 0.6) is 0 Å². The van der Waals surface area contributed by atoms with E-state index in [1.807, 2.05) is 30.3 Å². The molecule has 3 aromatic rings. The van der Waals surface area contributed by atoms with Crippen LogP contribution in [0.3, 0.4) is 0 Å². The highest BCUT2D eigenvalue weighted by molar-refractivity contribution is 6.12. The lowest BCUT2D eigenvalue weighted by Gasteiger charge is -2.10. The lowest BCUT2D eigenvalue weighted by Crippen LogP contribution is -2.13. The van der Waals surface area contributed by atoms with Crippen LogP contribution in [0, 0.1) is 5.82 Å². The minimum absolute atomic E-state index is 0.197. The molecule has 1 N–H and O–H groups in total. The van der Waals surface area contributed by atoms with Crippen LogP contribution in [0.15, 0.2) is 54.6 Å². The first kappa shape index (κ1) is 13.9. The van der Waals surface area contributed by atoms with Crippen LogP contribution >= 0.6 is 0 Å². The summed E-state index contributed by atoms with van der Waals surface area (Å²) in [6.07, 6.45) is 2.26. The number of hydrogen-bond acceptors (Lipinski definition) is 2. The number of anilines is 1. The maximum atomic E-state index is 13.0. The number of pyridine rings is 1. The number of aromatic nitrogens is 1. The lowest BCUT2D eigenvalue weighted by atomic mass is 10.1. The number of nitrogens with zero attached hydrogens (tertiary/aromatic N) is 1. The number of hydrogen-bond donors (Lipinski definition) is 1. The molecule has 1 aliphatic rings. The van der Waals surface area contributed by atoms with Crippen LogP contribution < -0.4 is 5.32 Å². The predicted molar refractivity (Wildman–Crippen MR) is 88.1 cm³/mol. The molecule has 0 bridgehead atoms. The van der Waals surface area contributed by atoms with E-state index in [9.17, 15) is 9.18 Å². The molecule has 114 valence electrons. The SMILES string of the molecule is O=C(Nc1ccc(F)cc1)c1cc(C2CC2)nc2ccccc12. The normalized spacial score (nSPS) is 14.0. The summed E-state index contributed by atoms with van der Waals surface area (Å²) in [5, 5.41) is 3.66. The second-order valence-corrected chi connectivity index (χ2v) is 5.85. The number of benzene rings is 2. The Bertz CT molecular complexity index is 886. The summed E-state index contributed by atoms with van der Waals surface area (Å²) in [4.78, 5) is 17.3. The number of amides is 1. The van der Waals surface area contributed by atoms with E-state index in [2.05, 4.69) is 10.3 Å². The van der Waals surface area contributed by atoms with E-state index in [0.29, 0.717) is 17.2 Å². The Kier molecular flexibility index (Phi) is 3.30. The van der Waals surface area contributed by atoms with Crippen molar-refractivity contribution in [3.63, 3.8) is 0 Å². The fourth-order valence-corrected chi connectivity index (χ4v) is 2.70. The van der Waals surface area contributed by atoms with Crippen LogP contribution in [0.25, 0.3) is 10.9 Å². The summed E-state index contributed by atoms with van der Waals surface area (Å²) in [5.41, 5.74) is 3.00. The smallest absolute Gasteiger partial charge is 0.256 e. The van der Waals surface area contributed by atoms with Gasteiger partial charge in [0.15, 0.2) is 0 Å². The molecule has 1 saturated carbocycles. The first-order valence-electron chi connectivity index (χ1n) is 7.67. The van der Waals surface area contributed by atoms with Gasteiger partial charge in [-0.3, -0.25) is 9.78 Å². The van der Waals surface area contributed by atoms with E-state index >= 15 is 0 Å². The van der Waals surface area contributed by atoms with Gasteiger partial charge < -0.3 is 5.32 Å². The number of rotatable bonds is 3. The first-order chi connectivity index (χ1) is 11.2. The third-order valence-corrected chi connectivity index (χ3v) is 4.08. The molecule has 0 radical (unpaired) electrons. The Morgan fingerprint density at radius 2 is 1.83 bits per heavy atom. The average Bonchev–Trinajstić information content (AvgIpc) is 3.41. The highest BCUT2D eigenvalue weighted by atomic mass is 19.1. The molecule has 0 unspecified atom stereocenters. The number of nitrogens with one attached hydrogen (secondary N) is 1. The third kappa shape index (κ3) is 2.80. The topological polar surface area (TPSA) is 42.0 Å². The van der Waals surface area contributed by atoms with Crippen molar-refractivity contribution in [3.05, 3.63) is 71.7 Å². The molecule has 2 aromatic carbocycles. The average molecular weight is 306 g/mol. The zero-order chi connectivity index (χ0) is 15.8. The molecule has 0 spiro atoms. The van der Waals surface area contributed by atoms with E-state index < -0.39 is 0 Å². The number of carbonyl (C=O) groups excluding carboxylic acids is 1.